The van der Waals surface area contributed by atoms with E-state index < -0.39 is 42.1 Å². The largest absolute Gasteiger partial charge is 0.497 e. The lowest BCUT2D eigenvalue weighted by molar-refractivity contribution is -0.121. The van der Waals surface area contributed by atoms with Crippen LogP contribution in [0.25, 0.3) is 11.0 Å². The number of hydrogen-bond acceptors (Lipinski definition) is 6. The molecule has 4 aromatic rings. The average Bonchev–Trinajstić information content (AvgIpc) is 3.24. The maximum absolute atomic E-state index is 14.7. The Morgan fingerprint density at radius 2 is 2.06 bits per heavy atom. The van der Waals surface area contributed by atoms with E-state index in [4.69, 9.17) is 16.3 Å². The number of nitrogens with zero attached hydrogens (tertiary/aromatic N) is 3. The molecule has 0 fully saturated rings. The third-order valence-corrected chi connectivity index (χ3v) is 5.61. The number of carbonyl (C=O) groups is 1. The van der Waals surface area contributed by atoms with Crippen LogP contribution < -0.4 is 20.9 Å². The first kappa shape index (κ1) is 25.0. The number of methoxy groups -OCH3 is 1. The number of halogens is 4. The Morgan fingerprint density at radius 1 is 1.25 bits per heavy atom. The van der Waals surface area contributed by atoms with E-state index in [0.717, 1.165) is 10.8 Å². The van der Waals surface area contributed by atoms with Gasteiger partial charge in [-0.1, -0.05) is 23.7 Å². The Bertz CT molecular complexity index is 1470. The van der Waals surface area contributed by atoms with Crippen molar-refractivity contribution < 1.29 is 22.7 Å². The minimum absolute atomic E-state index is 0.0156. The second-order valence-electron chi connectivity index (χ2n) is 7.76. The number of nitrogens with one attached hydrogen (secondary N) is 3. The Hall–Kier alpha value is -4.06. The predicted octanol–water partition coefficient (Wildman–Crippen LogP) is 3.44. The van der Waals surface area contributed by atoms with E-state index >= 15 is 0 Å². The molecule has 0 spiro atoms. The molecule has 3 heterocycles. The first-order valence-electron chi connectivity index (χ1n) is 10.6. The molecule has 0 radical (unpaired) electrons. The molecule has 0 atom stereocenters. The number of H-pyrrole nitrogens is 1. The van der Waals surface area contributed by atoms with Crippen molar-refractivity contribution in [1.82, 2.24) is 24.8 Å². The summed E-state index contributed by atoms with van der Waals surface area (Å²) in [6.45, 7) is -1.40. The van der Waals surface area contributed by atoms with Crippen molar-refractivity contribution in [2.45, 2.75) is 19.0 Å². The highest BCUT2D eigenvalue weighted by Crippen LogP contribution is 2.30. The molecule has 0 unspecified atom stereocenters. The van der Waals surface area contributed by atoms with Gasteiger partial charge in [-0.2, -0.15) is 8.78 Å². The van der Waals surface area contributed by atoms with Crippen LogP contribution in [0, 0.1) is 5.82 Å². The number of aromatic amines is 1. The van der Waals surface area contributed by atoms with Gasteiger partial charge < -0.3 is 20.4 Å². The van der Waals surface area contributed by atoms with Gasteiger partial charge in [0, 0.05) is 24.5 Å². The van der Waals surface area contributed by atoms with Crippen LogP contribution in [0.2, 0.25) is 5.15 Å². The summed E-state index contributed by atoms with van der Waals surface area (Å²) in [4.78, 5) is 35.7. The standard InChI is InChI=1S/C23H20ClF3N6O3/c1-36-15-4-2-3-14(6-15)23(26,27)12-32-21-22(35)33(18(24)10-31-21)11-19(34)28-7-13-5-16-17(25)9-30-20(16)29-8-13/h2-6,8-10H,7,11-12H2,1H3,(H,28,34)(H,29,30)(H,31,32). The number of amides is 1. The third kappa shape index (κ3) is 5.43. The smallest absolute Gasteiger partial charge is 0.294 e. The van der Waals surface area contributed by atoms with Crippen molar-refractivity contribution in [3.05, 3.63) is 81.4 Å². The van der Waals surface area contributed by atoms with Crippen molar-refractivity contribution >= 4 is 34.4 Å². The Labute approximate surface area is 207 Å². The van der Waals surface area contributed by atoms with Crippen molar-refractivity contribution in [2.75, 3.05) is 19.0 Å². The molecule has 0 saturated heterocycles. The van der Waals surface area contributed by atoms with Gasteiger partial charge in [-0.25, -0.2) is 14.4 Å². The maximum Gasteiger partial charge on any atom is 0.294 e. The summed E-state index contributed by atoms with van der Waals surface area (Å²) in [7, 11) is 1.36. The molecule has 1 amide bonds. The molecule has 4 rings (SSSR count). The summed E-state index contributed by atoms with van der Waals surface area (Å²) in [5.41, 5.74) is -0.258. The van der Waals surface area contributed by atoms with Gasteiger partial charge in [-0.3, -0.25) is 14.2 Å². The summed E-state index contributed by atoms with van der Waals surface area (Å²) in [6, 6.07) is 6.92. The molecule has 3 N–H and O–H groups in total. The van der Waals surface area contributed by atoms with Crippen LogP contribution in [0.15, 0.2) is 53.7 Å². The lowest BCUT2D eigenvalue weighted by Gasteiger charge is -2.18. The Kier molecular flexibility index (Phi) is 7.15. The summed E-state index contributed by atoms with van der Waals surface area (Å²) in [6.07, 6.45) is 3.72. The Morgan fingerprint density at radius 3 is 2.83 bits per heavy atom. The van der Waals surface area contributed by atoms with E-state index in [2.05, 4.69) is 25.6 Å². The zero-order chi connectivity index (χ0) is 25.9. The minimum atomic E-state index is -3.35. The fourth-order valence-corrected chi connectivity index (χ4v) is 3.58. The van der Waals surface area contributed by atoms with Crippen molar-refractivity contribution in [3.63, 3.8) is 0 Å². The summed E-state index contributed by atoms with van der Waals surface area (Å²) < 4.78 is 48.9. The molecule has 1 aromatic carbocycles. The fourth-order valence-electron chi connectivity index (χ4n) is 3.39. The van der Waals surface area contributed by atoms with Crippen molar-refractivity contribution in [2.24, 2.45) is 0 Å². The third-order valence-electron chi connectivity index (χ3n) is 5.30. The zero-order valence-corrected chi connectivity index (χ0v) is 19.6. The van der Waals surface area contributed by atoms with Gasteiger partial charge in [0.2, 0.25) is 5.91 Å². The summed E-state index contributed by atoms with van der Waals surface area (Å²) >= 11 is 6.03. The van der Waals surface area contributed by atoms with Gasteiger partial charge in [0.1, 0.15) is 28.9 Å². The van der Waals surface area contributed by atoms with Crippen LogP contribution >= 0.6 is 11.6 Å². The number of ether oxygens (including phenoxy) is 1. The van der Waals surface area contributed by atoms with Gasteiger partial charge in [0.25, 0.3) is 11.5 Å². The molecule has 0 saturated carbocycles. The number of benzene rings is 1. The topological polar surface area (TPSA) is 114 Å². The van der Waals surface area contributed by atoms with Gasteiger partial charge in [-0.05, 0) is 23.8 Å². The molecule has 13 heteroatoms. The number of pyridine rings is 1. The van der Waals surface area contributed by atoms with E-state index in [1.54, 1.807) is 0 Å². The second-order valence-corrected chi connectivity index (χ2v) is 8.15. The van der Waals surface area contributed by atoms with Crippen LogP contribution in [-0.2, 0) is 23.8 Å². The maximum atomic E-state index is 14.7. The molecule has 36 heavy (non-hydrogen) atoms. The molecule has 0 aliphatic heterocycles. The molecule has 0 aliphatic rings. The quantitative estimate of drug-likeness (QED) is 0.311. The normalized spacial score (nSPS) is 11.5. The first-order chi connectivity index (χ1) is 17.2. The van der Waals surface area contributed by atoms with Crippen molar-refractivity contribution in [3.8, 4) is 5.75 Å². The van der Waals surface area contributed by atoms with E-state index in [1.807, 2.05) is 0 Å². The van der Waals surface area contributed by atoms with Crippen LogP contribution in [0.5, 0.6) is 5.75 Å². The molecule has 0 aliphatic carbocycles. The SMILES string of the molecule is COc1cccc(C(F)(F)CNc2ncc(Cl)n(CC(=O)NCc3cnc4[nH]cc(F)c4c3)c2=O)c1. The van der Waals surface area contributed by atoms with Crippen LogP contribution in [0.3, 0.4) is 0 Å². The first-order valence-corrected chi connectivity index (χ1v) is 11.0. The van der Waals surface area contributed by atoms with E-state index in [9.17, 15) is 22.8 Å². The average molecular weight is 521 g/mol. The van der Waals surface area contributed by atoms with Gasteiger partial charge >= 0.3 is 0 Å². The van der Waals surface area contributed by atoms with Gasteiger partial charge in [0.15, 0.2) is 5.82 Å². The fraction of sp³-hybridized carbons (Fsp3) is 0.217. The zero-order valence-electron chi connectivity index (χ0n) is 18.8. The van der Waals surface area contributed by atoms with Crippen molar-refractivity contribution in [1.29, 1.82) is 0 Å². The summed E-state index contributed by atoms with van der Waals surface area (Å²) in [5.74, 6) is -4.55. The Balaban J connectivity index is 1.42. The van der Waals surface area contributed by atoms with Crippen LogP contribution in [-0.4, -0.2) is 39.1 Å². The number of fused-ring (bicyclic) bond motifs is 1. The highest BCUT2D eigenvalue weighted by atomic mass is 35.5. The number of alkyl halides is 2. The lowest BCUT2D eigenvalue weighted by Crippen LogP contribution is -2.35. The second kappa shape index (κ2) is 10.3. The van der Waals surface area contributed by atoms with E-state index in [1.165, 1.54) is 49.8 Å². The number of aromatic nitrogens is 4. The van der Waals surface area contributed by atoms with Gasteiger partial charge in [0.05, 0.1) is 25.2 Å². The number of hydrogen-bond donors (Lipinski definition) is 3. The molecule has 0 bridgehead atoms. The molecule has 9 nitrogen and oxygen atoms in total. The van der Waals surface area contributed by atoms with Gasteiger partial charge in [-0.15, -0.1) is 0 Å². The number of carbonyl (C=O) groups excluding carboxylic acids is 1. The lowest BCUT2D eigenvalue weighted by atomic mass is 10.1. The number of anilines is 1. The molecular weight excluding hydrogens is 501 g/mol. The van der Waals surface area contributed by atoms with Crippen LogP contribution in [0.4, 0.5) is 19.0 Å². The molecular formula is C23H20ClF3N6O3. The van der Waals surface area contributed by atoms with E-state index in [-0.39, 0.29) is 28.4 Å². The molecule has 3 aromatic heterocycles. The highest BCUT2D eigenvalue weighted by Gasteiger charge is 2.32. The number of rotatable bonds is 9. The predicted molar refractivity (Wildman–Crippen MR) is 127 cm³/mol. The molecule has 188 valence electrons. The monoisotopic (exact) mass is 520 g/mol. The summed E-state index contributed by atoms with van der Waals surface area (Å²) in [5, 5.41) is 5.04. The highest BCUT2D eigenvalue weighted by molar-refractivity contribution is 6.29. The van der Waals surface area contributed by atoms with E-state index in [0.29, 0.717) is 11.2 Å². The van der Waals surface area contributed by atoms with Crippen LogP contribution in [0.1, 0.15) is 11.1 Å². The minimum Gasteiger partial charge on any atom is -0.497 e.